The van der Waals surface area contributed by atoms with Gasteiger partial charge in [0.1, 0.15) is 0 Å². The van der Waals surface area contributed by atoms with Crippen LogP contribution in [0.3, 0.4) is 0 Å². The molecule has 1 atom stereocenters. The molecule has 1 rings (SSSR count). The van der Waals surface area contributed by atoms with Crippen LogP contribution in [0.2, 0.25) is 0 Å². The summed E-state index contributed by atoms with van der Waals surface area (Å²) >= 11 is 0. The molecule has 0 aliphatic carbocycles. The van der Waals surface area contributed by atoms with Crippen molar-refractivity contribution in [1.29, 1.82) is 0 Å². The molecule has 1 saturated heterocycles. The lowest BCUT2D eigenvalue weighted by Crippen LogP contribution is -2.49. The lowest BCUT2D eigenvalue weighted by Gasteiger charge is -2.33. The summed E-state index contributed by atoms with van der Waals surface area (Å²) in [5, 5.41) is 0. The van der Waals surface area contributed by atoms with Crippen LogP contribution in [0.25, 0.3) is 0 Å². The smallest absolute Gasteiger partial charge is 0.249 e. The van der Waals surface area contributed by atoms with Crippen LogP contribution < -0.4 is 4.72 Å². The van der Waals surface area contributed by atoms with E-state index in [1.165, 1.54) is 0 Å². The number of carbonyl (C=O) groups is 1. The predicted molar refractivity (Wildman–Crippen MR) is 71.6 cm³/mol. The van der Waals surface area contributed by atoms with Gasteiger partial charge in [0, 0.05) is 24.7 Å². The van der Waals surface area contributed by atoms with Gasteiger partial charge in [-0.2, -0.15) is 0 Å². The van der Waals surface area contributed by atoms with Crippen LogP contribution in [0.4, 0.5) is 0 Å². The first kappa shape index (κ1) is 15.2. The molecule has 104 valence electrons. The lowest BCUT2D eigenvalue weighted by atomic mass is 10.1. The minimum Gasteiger partial charge on any atom is -0.337 e. The molecule has 1 heterocycles. The van der Waals surface area contributed by atoms with Crippen molar-refractivity contribution < 1.29 is 13.2 Å². The highest BCUT2D eigenvalue weighted by Gasteiger charge is 2.25. The Labute approximate surface area is 109 Å². The molecule has 6 heteroatoms. The molecule has 1 fully saturated rings. The van der Waals surface area contributed by atoms with Gasteiger partial charge in [0.15, 0.2) is 0 Å². The van der Waals surface area contributed by atoms with Crippen molar-refractivity contribution in [2.24, 2.45) is 0 Å². The summed E-state index contributed by atoms with van der Waals surface area (Å²) < 4.78 is 24.9. The lowest BCUT2D eigenvalue weighted by molar-refractivity contribution is -0.128. The van der Waals surface area contributed by atoms with E-state index in [1.807, 2.05) is 13.0 Å². The molecule has 1 N–H and O–H groups in total. The van der Waals surface area contributed by atoms with E-state index < -0.39 is 10.0 Å². The maximum Gasteiger partial charge on any atom is 0.249 e. The minimum atomic E-state index is -3.21. The fraction of sp³-hybridized carbons (Fsp3) is 0.750. The maximum absolute atomic E-state index is 12.1. The van der Waals surface area contributed by atoms with Gasteiger partial charge in [-0.3, -0.25) is 4.79 Å². The van der Waals surface area contributed by atoms with Crippen molar-refractivity contribution in [2.45, 2.75) is 39.2 Å². The quantitative estimate of drug-likeness (QED) is 0.774. The summed E-state index contributed by atoms with van der Waals surface area (Å²) in [4.78, 5) is 13.8. The van der Waals surface area contributed by atoms with Crippen molar-refractivity contribution in [3.8, 4) is 0 Å². The number of allylic oxidation sites excluding steroid dienone is 1. The van der Waals surface area contributed by atoms with Crippen LogP contribution >= 0.6 is 0 Å². The number of rotatable bonds is 4. The molecule has 0 unspecified atom stereocenters. The largest absolute Gasteiger partial charge is 0.337 e. The number of carbonyl (C=O) groups excluding carboxylic acids is 1. The number of piperidine rings is 1. The number of hydrogen-bond acceptors (Lipinski definition) is 3. The Kier molecular flexibility index (Phi) is 5.34. The number of sulfonamides is 1. The number of nitrogens with zero attached hydrogens (tertiary/aromatic N) is 1. The fourth-order valence-corrected chi connectivity index (χ4v) is 3.00. The molecule has 0 bridgehead atoms. The van der Waals surface area contributed by atoms with Crippen LogP contribution in [-0.2, 0) is 14.8 Å². The van der Waals surface area contributed by atoms with E-state index in [-0.39, 0.29) is 11.9 Å². The topological polar surface area (TPSA) is 66.5 Å². The highest BCUT2D eigenvalue weighted by molar-refractivity contribution is 7.88. The number of likely N-dealkylation sites (tertiary alicyclic amines) is 1. The Hall–Kier alpha value is -0.880. The van der Waals surface area contributed by atoms with Gasteiger partial charge in [-0.05, 0) is 26.2 Å². The van der Waals surface area contributed by atoms with E-state index in [0.717, 1.165) is 31.1 Å². The van der Waals surface area contributed by atoms with Gasteiger partial charge in [-0.25, -0.2) is 13.1 Å². The molecule has 0 aromatic heterocycles. The highest BCUT2D eigenvalue weighted by atomic mass is 32.2. The molecular weight excluding hydrogens is 252 g/mol. The van der Waals surface area contributed by atoms with E-state index >= 15 is 0 Å². The molecule has 0 spiro atoms. The molecule has 1 aliphatic heterocycles. The van der Waals surface area contributed by atoms with Gasteiger partial charge < -0.3 is 4.90 Å². The van der Waals surface area contributed by atoms with Gasteiger partial charge in [-0.1, -0.05) is 13.0 Å². The van der Waals surface area contributed by atoms with E-state index in [1.54, 1.807) is 11.8 Å². The molecule has 0 saturated carbocycles. The summed E-state index contributed by atoms with van der Waals surface area (Å²) in [7, 11) is -3.21. The zero-order chi connectivity index (χ0) is 13.8. The third kappa shape index (κ3) is 4.78. The molecule has 0 aromatic carbocycles. The Balaban J connectivity index is 2.64. The Bertz CT molecular complexity index is 429. The number of amides is 1. The van der Waals surface area contributed by atoms with Crippen molar-refractivity contribution in [2.75, 3.05) is 19.3 Å². The van der Waals surface area contributed by atoms with Crippen LogP contribution in [0.15, 0.2) is 11.6 Å². The summed E-state index contributed by atoms with van der Waals surface area (Å²) in [6, 6.07) is -0.160. The standard InChI is InChI=1S/C12H22N2O3S/c1-4-6-10(2)12(15)14-8-5-7-11(9-14)13-18(3,16)17/h6,11,13H,4-5,7-9H2,1-3H3/b10-6+/t11-/m0/s1. The summed E-state index contributed by atoms with van der Waals surface area (Å²) in [5.41, 5.74) is 0.734. The zero-order valence-electron chi connectivity index (χ0n) is 11.3. The minimum absolute atomic E-state index is 0.0110. The second-order valence-corrected chi connectivity index (χ2v) is 6.56. The first-order valence-electron chi connectivity index (χ1n) is 6.27. The molecular formula is C12H22N2O3S. The third-order valence-electron chi connectivity index (χ3n) is 2.94. The molecule has 5 nitrogen and oxygen atoms in total. The van der Waals surface area contributed by atoms with Crippen LogP contribution in [0.1, 0.15) is 33.1 Å². The van der Waals surface area contributed by atoms with Gasteiger partial charge in [0.05, 0.1) is 6.26 Å². The monoisotopic (exact) mass is 274 g/mol. The van der Waals surface area contributed by atoms with Crippen LogP contribution in [-0.4, -0.2) is 44.6 Å². The first-order chi connectivity index (χ1) is 8.33. The van der Waals surface area contributed by atoms with Crippen molar-refractivity contribution >= 4 is 15.9 Å². The molecule has 18 heavy (non-hydrogen) atoms. The fourth-order valence-electron chi connectivity index (χ4n) is 2.20. The summed E-state index contributed by atoms with van der Waals surface area (Å²) in [6.07, 6.45) is 5.49. The maximum atomic E-state index is 12.1. The summed E-state index contributed by atoms with van der Waals surface area (Å²) in [6.45, 7) is 4.96. The second-order valence-electron chi connectivity index (χ2n) is 4.78. The molecule has 0 aromatic rings. The summed E-state index contributed by atoms with van der Waals surface area (Å²) in [5.74, 6) is 0.0110. The van der Waals surface area contributed by atoms with Crippen LogP contribution in [0.5, 0.6) is 0 Å². The normalized spacial score (nSPS) is 22.1. The Morgan fingerprint density at radius 3 is 2.72 bits per heavy atom. The Morgan fingerprint density at radius 1 is 1.50 bits per heavy atom. The van der Waals surface area contributed by atoms with Crippen molar-refractivity contribution in [3.05, 3.63) is 11.6 Å². The average Bonchev–Trinajstić information content (AvgIpc) is 2.26. The van der Waals surface area contributed by atoms with E-state index in [9.17, 15) is 13.2 Å². The van der Waals surface area contributed by atoms with Gasteiger partial charge in [0.25, 0.3) is 0 Å². The SMILES string of the molecule is CC/C=C(\C)C(=O)N1CCC[C@H](NS(C)(=O)=O)C1. The van der Waals surface area contributed by atoms with E-state index in [2.05, 4.69) is 4.72 Å². The molecule has 0 radical (unpaired) electrons. The number of nitrogens with one attached hydrogen (secondary N) is 1. The molecule has 1 aliphatic rings. The third-order valence-corrected chi connectivity index (χ3v) is 3.70. The predicted octanol–water partition coefficient (Wildman–Crippen LogP) is 0.883. The zero-order valence-corrected chi connectivity index (χ0v) is 12.1. The van der Waals surface area contributed by atoms with Crippen LogP contribution in [0, 0.1) is 0 Å². The second kappa shape index (κ2) is 6.33. The highest BCUT2D eigenvalue weighted by Crippen LogP contribution is 2.13. The van der Waals surface area contributed by atoms with Crippen molar-refractivity contribution in [3.63, 3.8) is 0 Å². The van der Waals surface area contributed by atoms with Gasteiger partial charge in [-0.15, -0.1) is 0 Å². The van der Waals surface area contributed by atoms with Gasteiger partial charge in [0.2, 0.25) is 15.9 Å². The molecule has 1 amide bonds. The first-order valence-corrected chi connectivity index (χ1v) is 8.16. The number of hydrogen-bond donors (Lipinski definition) is 1. The average molecular weight is 274 g/mol. The van der Waals surface area contributed by atoms with E-state index in [0.29, 0.717) is 13.1 Å². The van der Waals surface area contributed by atoms with Crippen molar-refractivity contribution in [1.82, 2.24) is 9.62 Å². The Morgan fingerprint density at radius 2 is 2.17 bits per heavy atom. The van der Waals surface area contributed by atoms with E-state index in [4.69, 9.17) is 0 Å². The van der Waals surface area contributed by atoms with Gasteiger partial charge >= 0.3 is 0 Å².